The van der Waals surface area contributed by atoms with Crippen LogP contribution in [-0.2, 0) is 14.3 Å². The molecule has 0 aromatic carbocycles. The standard InChI is InChI=1S/C7H10Cl2O3Si/c1-2-7(13-6(8)9)3-4(10)12-5(7)11/h6H,2-3,13H2,1H3. The highest BCUT2D eigenvalue weighted by atomic mass is 35.5. The Morgan fingerprint density at radius 2 is 2.23 bits per heavy atom. The fourth-order valence-electron chi connectivity index (χ4n) is 1.46. The number of hydrogen-bond donors (Lipinski definition) is 0. The minimum Gasteiger partial charge on any atom is -0.393 e. The Kier molecular flexibility index (Phi) is 3.37. The monoisotopic (exact) mass is 240 g/mol. The van der Waals surface area contributed by atoms with Crippen molar-refractivity contribution in [1.82, 2.24) is 0 Å². The number of halogens is 2. The Bertz CT molecular complexity index is 244. The molecule has 0 aromatic heterocycles. The molecule has 0 aromatic rings. The molecule has 1 aliphatic heterocycles. The topological polar surface area (TPSA) is 43.4 Å². The van der Waals surface area contributed by atoms with Gasteiger partial charge in [0.1, 0.15) is 0 Å². The van der Waals surface area contributed by atoms with E-state index in [-0.39, 0.29) is 6.42 Å². The van der Waals surface area contributed by atoms with Crippen molar-refractivity contribution in [1.29, 1.82) is 0 Å². The van der Waals surface area contributed by atoms with Crippen molar-refractivity contribution in [2.75, 3.05) is 0 Å². The van der Waals surface area contributed by atoms with Crippen LogP contribution in [-0.4, -0.2) is 25.9 Å². The van der Waals surface area contributed by atoms with Crippen LogP contribution in [0.1, 0.15) is 19.8 Å². The number of carbonyl (C=O) groups excluding carboxylic acids is 2. The molecule has 3 nitrogen and oxygen atoms in total. The second-order valence-electron chi connectivity index (χ2n) is 3.17. The van der Waals surface area contributed by atoms with Gasteiger partial charge in [-0.15, -0.1) is 23.2 Å². The highest BCUT2D eigenvalue weighted by molar-refractivity contribution is 6.72. The molecule has 1 unspecified atom stereocenters. The van der Waals surface area contributed by atoms with Gasteiger partial charge in [0.2, 0.25) is 0 Å². The van der Waals surface area contributed by atoms with Crippen molar-refractivity contribution >= 4 is 44.7 Å². The van der Waals surface area contributed by atoms with Crippen molar-refractivity contribution in [3.8, 4) is 0 Å². The maximum Gasteiger partial charge on any atom is 0.316 e. The predicted octanol–water partition coefficient (Wildman–Crippen LogP) is 0.959. The molecule has 13 heavy (non-hydrogen) atoms. The zero-order valence-electron chi connectivity index (χ0n) is 7.18. The van der Waals surface area contributed by atoms with Crippen LogP contribution in [0.4, 0.5) is 0 Å². The first kappa shape index (κ1) is 11.0. The quantitative estimate of drug-likeness (QED) is 0.320. The van der Waals surface area contributed by atoms with Crippen molar-refractivity contribution in [3.63, 3.8) is 0 Å². The third kappa shape index (κ3) is 2.24. The van der Waals surface area contributed by atoms with Crippen LogP contribution in [0.15, 0.2) is 0 Å². The average Bonchev–Trinajstić information content (AvgIpc) is 2.26. The number of alkyl halides is 2. The van der Waals surface area contributed by atoms with Crippen molar-refractivity contribution in [2.24, 2.45) is 0 Å². The molecule has 6 heteroatoms. The fraction of sp³-hybridized carbons (Fsp3) is 0.714. The summed E-state index contributed by atoms with van der Waals surface area (Å²) in [4.78, 5) is 22.3. The average molecular weight is 241 g/mol. The van der Waals surface area contributed by atoms with Crippen molar-refractivity contribution in [2.45, 2.75) is 29.3 Å². The van der Waals surface area contributed by atoms with E-state index in [1.807, 2.05) is 6.92 Å². The van der Waals surface area contributed by atoms with Gasteiger partial charge in [0.25, 0.3) is 0 Å². The van der Waals surface area contributed by atoms with E-state index in [0.717, 1.165) is 0 Å². The number of carbonyl (C=O) groups is 2. The van der Waals surface area contributed by atoms with E-state index < -0.39 is 31.0 Å². The van der Waals surface area contributed by atoms with Gasteiger partial charge in [0.15, 0.2) is 0 Å². The largest absolute Gasteiger partial charge is 0.393 e. The molecule has 1 saturated heterocycles. The lowest BCUT2D eigenvalue weighted by molar-refractivity contribution is -0.152. The summed E-state index contributed by atoms with van der Waals surface area (Å²) < 4.78 is 4.01. The van der Waals surface area contributed by atoms with Crippen LogP contribution in [0, 0.1) is 0 Å². The first-order valence-corrected chi connectivity index (χ1v) is 6.43. The Morgan fingerprint density at radius 1 is 1.62 bits per heavy atom. The Balaban J connectivity index is 2.80. The van der Waals surface area contributed by atoms with Gasteiger partial charge in [-0.05, 0) is 6.42 Å². The first-order valence-electron chi connectivity index (χ1n) is 4.03. The molecule has 1 atom stereocenters. The highest BCUT2D eigenvalue weighted by Crippen LogP contribution is 2.42. The Labute approximate surface area is 88.5 Å². The number of hydrogen-bond acceptors (Lipinski definition) is 3. The van der Waals surface area contributed by atoms with E-state index in [1.54, 1.807) is 0 Å². The summed E-state index contributed by atoms with van der Waals surface area (Å²) in [6, 6.07) is 0. The van der Waals surface area contributed by atoms with Crippen LogP contribution in [0.3, 0.4) is 0 Å². The maximum absolute atomic E-state index is 11.3. The normalized spacial score (nSPS) is 29.2. The summed E-state index contributed by atoms with van der Waals surface area (Å²) in [6.07, 6.45) is 0.740. The minimum absolute atomic E-state index is 0.157. The molecular weight excluding hydrogens is 231 g/mol. The van der Waals surface area contributed by atoms with Gasteiger partial charge < -0.3 is 4.74 Å². The van der Waals surface area contributed by atoms with Gasteiger partial charge in [0, 0.05) is 0 Å². The molecule has 0 spiro atoms. The maximum atomic E-state index is 11.3. The molecular formula is C7H10Cl2O3Si. The molecule has 0 bridgehead atoms. The lowest BCUT2D eigenvalue weighted by atomic mass is 10.0. The van der Waals surface area contributed by atoms with Gasteiger partial charge in [-0.25, -0.2) is 0 Å². The Hall–Kier alpha value is -0.0631. The molecule has 1 fully saturated rings. The van der Waals surface area contributed by atoms with Crippen molar-refractivity contribution in [3.05, 3.63) is 0 Å². The third-order valence-electron chi connectivity index (χ3n) is 2.34. The predicted molar refractivity (Wildman–Crippen MR) is 52.7 cm³/mol. The minimum atomic E-state index is -1.03. The van der Waals surface area contributed by atoms with Crippen molar-refractivity contribution < 1.29 is 14.3 Å². The third-order valence-corrected chi connectivity index (χ3v) is 5.40. The summed E-state index contributed by atoms with van der Waals surface area (Å²) in [5, 5.41) is -0.648. The number of esters is 2. The van der Waals surface area contributed by atoms with Crippen LogP contribution >= 0.6 is 23.2 Å². The second kappa shape index (κ2) is 3.98. The van der Waals surface area contributed by atoms with Crippen LogP contribution in [0.25, 0.3) is 0 Å². The summed E-state index contributed by atoms with van der Waals surface area (Å²) in [5.41, 5.74) is 0. The lowest BCUT2D eigenvalue weighted by Gasteiger charge is -2.20. The zero-order chi connectivity index (χ0) is 10.1. The summed E-state index contributed by atoms with van der Waals surface area (Å²) >= 11 is 11.3. The first-order chi connectivity index (χ1) is 6.00. The van der Waals surface area contributed by atoms with Gasteiger partial charge >= 0.3 is 11.9 Å². The highest BCUT2D eigenvalue weighted by Gasteiger charge is 2.48. The van der Waals surface area contributed by atoms with Crippen LogP contribution in [0.2, 0.25) is 5.04 Å². The molecule has 0 saturated carbocycles. The van der Waals surface area contributed by atoms with E-state index in [9.17, 15) is 9.59 Å². The van der Waals surface area contributed by atoms with Gasteiger partial charge in [-0.3, -0.25) is 9.59 Å². The van der Waals surface area contributed by atoms with Gasteiger partial charge in [-0.1, -0.05) is 6.92 Å². The van der Waals surface area contributed by atoms with Gasteiger partial charge in [0.05, 0.1) is 25.4 Å². The lowest BCUT2D eigenvalue weighted by Crippen LogP contribution is -2.29. The molecule has 0 N–H and O–H groups in total. The number of ether oxygens (including phenoxy) is 1. The second-order valence-corrected chi connectivity index (χ2v) is 8.06. The molecule has 0 amide bonds. The van der Waals surface area contributed by atoms with E-state index in [2.05, 4.69) is 4.74 Å². The molecule has 1 rings (SSSR count). The molecule has 0 radical (unpaired) electrons. The Morgan fingerprint density at radius 3 is 2.54 bits per heavy atom. The van der Waals surface area contributed by atoms with E-state index in [4.69, 9.17) is 23.2 Å². The molecule has 1 aliphatic rings. The van der Waals surface area contributed by atoms with Crippen LogP contribution < -0.4 is 0 Å². The van der Waals surface area contributed by atoms with E-state index in [1.165, 1.54) is 0 Å². The smallest absolute Gasteiger partial charge is 0.316 e. The summed E-state index contributed by atoms with van der Waals surface area (Å²) in [7, 11) is -1.03. The number of cyclic esters (lactones) is 2. The molecule has 0 aliphatic carbocycles. The van der Waals surface area contributed by atoms with Crippen LogP contribution in [0.5, 0.6) is 0 Å². The fourth-order valence-corrected chi connectivity index (χ4v) is 4.70. The SMILES string of the molecule is CCC1([SiH2]C(Cl)Cl)CC(=O)OC1=O. The summed E-state index contributed by atoms with van der Waals surface area (Å²) in [6.45, 7) is 1.85. The zero-order valence-corrected chi connectivity index (χ0v) is 10.1. The number of rotatable bonds is 3. The summed E-state index contributed by atoms with van der Waals surface area (Å²) in [5.74, 6) is -0.883. The molecule has 1 heterocycles. The molecule has 74 valence electrons. The van der Waals surface area contributed by atoms with Gasteiger partial charge in [-0.2, -0.15) is 0 Å². The van der Waals surface area contributed by atoms with E-state index in [0.29, 0.717) is 6.42 Å². The van der Waals surface area contributed by atoms with E-state index >= 15 is 0 Å².